The molecule has 69 valence electrons. The molecule has 14 heavy (non-hydrogen) atoms. The molecule has 4 nitrogen and oxygen atoms in total. The van der Waals surface area contributed by atoms with Gasteiger partial charge in [-0.3, -0.25) is 0 Å². The van der Waals surface area contributed by atoms with Crippen molar-refractivity contribution in [1.82, 2.24) is 5.43 Å². The number of nitrogens with zero attached hydrogens (tertiary/aromatic N) is 2. The summed E-state index contributed by atoms with van der Waals surface area (Å²) in [6.45, 7) is 0. The topological polar surface area (TPSA) is 57.2 Å². The van der Waals surface area contributed by atoms with Crippen molar-refractivity contribution in [2.75, 3.05) is 0 Å². The van der Waals surface area contributed by atoms with Gasteiger partial charge in [0.25, 0.3) is 0 Å². The van der Waals surface area contributed by atoms with Crippen LogP contribution >= 0.6 is 0 Å². The summed E-state index contributed by atoms with van der Waals surface area (Å²) in [5.74, 6) is 0. The lowest BCUT2D eigenvalue weighted by Crippen LogP contribution is -2.06. The van der Waals surface area contributed by atoms with Gasteiger partial charge >= 0.3 is 0 Å². The van der Waals surface area contributed by atoms with Crippen LogP contribution in [-0.2, 0) is 0 Å². The van der Waals surface area contributed by atoms with E-state index in [2.05, 4.69) is 5.43 Å². The first-order valence-electron chi connectivity index (χ1n) is 4.11. The van der Waals surface area contributed by atoms with Crippen LogP contribution in [0.25, 0.3) is 10.8 Å². The molecule has 0 aliphatic carbocycles. The Morgan fingerprint density at radius 3 is 2.57 bits per heavy atom. The van der Waals surface area contributed by atoms with E-state index in [1.165, 1.54) is 0 Å². The van der Waals surface area contributed by atoms with Gasteiger partial charge in [0.2, 0.25) is 0 Å². The van der Waals surface area contributed by atoms with Crippen LogP contribution in [-0.4, -0.2) is 5.03 Å². The number of rotatable bonds is 2. The van der Waals surface area contributed by atoms with Crippen molar-refractivity contribution in [2.45, 2.75) is 0 Å². The molecule has 0 saturated carbocycles. The lowest BCUT2D eigenvalue weighted by Gasteiger charge is -1.99. The lowest BCUT2D eigenvalue weighted by atomic mass is 10.1. The van der Waals surface area contributed by atoms with Gasteiger partial charge in [0.05, 0.1) is 5.43 Å². The Kier molecular flexibility index (Phi) is 2.02. The van der Waals surface area contributed by atoms with Gasteiger partial charge < -0.3 is 0 Å². The summed E-state index contributed by atoms with van der Waals surface area (Å²) >= 11 is 0. The quantitative estimate of drug-likeness (QED) is 0.534. The van der Waals surface area contributed by atoms with Gasteiger partial charge in [-0.1, -0.05) is 36.4 Å². The molecular weight excluding hydrogens is 180 g/mol. The monoisotopic (exact) mass is 187 g/mol. The highest BCUT2D eigenvalue weighted by atomic mass is 16.7. The first-order valence-corrected chi connectivity index (χ1v) is 4.11. The average molecular weight is 187 g/mol. The second-order valence-electron chi connectivity index (χ2n) is 2.84. The number of hydrogen-bond donors (Lipinski definition) is 0. The maximum absolute atomic E-state index is 10.3. The molecule has 0 saturated heterocycles. The molecule has 0 amide bonds. The molecule has 1 radical (unpaired) electrons. The van der Waals surface area contributed by atoms with E-state index in [-0.39, 0.29) is 0 Å². The first kappa shape index (κ1) is 8.50. The Balaban J connectivity index is 2.59. The molecule has 0 unspecified atom stereocenters. The Hall–Kier alpha value is -2.10. The summed E-state index contributed by atoms with van der Waals surface area (Å²) in [6, 6.07) is 12.7. The van der Waals surface area contributed by atoms with Gasteiger partial charge in [0.15, 0.2) is 5.03 Å². The van der Waals surface area contributed by atoms with Crippen LogP contribution < -0.4 is 5.43 Å². The molecule has 0 N–H and O–H groups in total. The summed E-state index contributed by atoms with van der Waals surface area (Å²) in [5.41, 5.74) is 3.71. The predicted octanol–water partition coefficient (Wildman–Crippen LogP) is 2.27. The maximum Gasteiger partial charge on any atom is 0.191 e. The van der Waals surface area contributed by atoms with Gasteiger partial charge in [-0.2, -0.15) is 0 Å². The molecule has 0 spiro atoms. The van der Waals surface area contributed by atoms with Crippen LogP contribution in [0.4, 0.5) is 5.69 Å². The molecule has 0 fully saturated rings. The van der Waals surface area contributed by atoms with E-state index in [4.69, 9.17) is 0 Å². The Morgan fingerprint density at radius 2 is 1.79 bits per heavy atom. The normalized spacial score (nSPS) is 10.0. The van der Waals surface area contributed by atoms with Crippen molar-refractivity contribution in [3.63, 3.8) is 0 Å². The smallest absolute Gasteiger partial charge is 0.191 e. The molecule has 0 aromatic heterocycles. The van der Waals surface area contributed by atoms with Crippen LogP contribution in [0.3, 0.4) is 0 Å². The SMILES string of the molecule is O=[N+]([O-])[N]c1cccc2ccccc12. The Labute approximate surface area is 80.3 Å². The number of benzene rings is 2. The zero-order valence-electron chi connectivity index (χ0n) is 7.25. The second-order valence-corrected chi connectivity index (χ2v) is 2.84. The highest BCUT2D eigenvalue weighted by molar-refractivity contribution is 5.91. The fourth-order valence-corrected chi connectivity index (χ4v) is 1.38. The Bertz CT molecular complexity index is 477. The van der Waals surface area contributed by atoms with Gasteiger partial charge in [-0.05, 0) is 11.5 Å². The van der Waals surface area contributed by atoms with Crippen molar-refractivity contribution in [3.8, 4) is 0 Å². The zero-order chi connectivity index (χ0) is 9.97. The molecule has 2 rings (SSSR count). The van der Waals surface area contributed by atoms with E-state index >= 15 is 0 Å². The molecular formula is C10H7N2O2. The third-order valence-corrected chi connectivity index (χ3v) is 1.96. The molecule has 0 atom stereocenters. The minimum atomic E-state index is -0.679. The van der Waals surface area contributed by atoms with E-state index < -0.39 is 5.03 Å². The standard InChI is InChI=1S/C10H7N2O2/c13-12(14)11-10-7-3-5-8-4-1-2-6-9(8)10/h1-7H. The van der Waals surface area contributed by atoms with Crippen molar-refractivity contribution < 1.29 is 5.03 Å². The molecule has 0 aliphatic rings. The van der Waals surface area contributed by atoms with Crippen LogP contribution in [0.15, 0.2) is 42.5 Å². The van der Waals surface area contributed by atoms with E-state index in [9.17, 15) is 10.1 Å². The van der Waals surface area contributed by atoms with Crippen LogP contribution in [0.1, 0.15) is 0 Å². The minimum absolute atomic E-state index is 0.396. The van der Waals surface area contributed by atoms with E-state index in [0.29, 0.717) is 5.69 Å². The van der Waals surface area contributed by atoms with Gasteiger partial charge in [0, 0.05) is 5.39 Å². The summed E-state index contributed by atoms with van der Waals surface area (Å²) in [6.07, 6.45) is 0. The largest absolute Gasteiger partial charge is 0.233 e. The lowest BCUT2D eigenvalue weighted by molar-refractivity contribution is -0.534. The molecule has 0 aliphatic heterocycles. The summed E-state index contributed by atoms with van der Waals surface area (Å²) in [5, 5.41) is 11.3. The predicted molar refractivity (Wildman–Crippen MR) is 52.7 cm³/mol. The van der Waals surface area contributed by atoms with Crippen molar-refractivity contribution in [1.29, 1.82) is 0 Å². The zero-order valence-corrected chi connectivity index (χ0v) is 7.25. The molecule has 4 heteroatoms. The fraction of sp³-hybridized carbons (Fsp3) is 0. The third-order valence-electron chi connectivity index (χ3n) is 1.96. The van der Waals surface area contributed by atoms with Gasteiger partial charge in [-0.25, -0.2) is 10.1 Å². The van der Waals surface area contributed by atoms with Crippen LogP contribution in [0.2, 0.25) is 0 Å². The average Bonchev–Trinajstić information content (AvgIpc) is 2.18. The number of nitro groups is 1. The Morgan fingerprint density at radius 1 is 1.07 bits per heavy atom. The molecule has 2 aromatic carbocycles. The van der Waals surface area contributed by atoms with Crippen LogP contribution in [0.5, 0.6) is 0 Å². The summed E-state index contributed by atoms with van der Waals surface area (Å²) in [4.78, 5) is 10.3. The molecule has 0 heterocycles. The maximum atomic E-state index is 10.3. The molecule has 0 bridgehead atoms. The summed E-state index contributed by atoms with van der Waals surface area (Å²) < 4.78 is 0. The highest BCUT2D eigenvalue weighted by Gasteiger charge is 2.07. The second kappa shape index (κ2) is 3.33. The van der Waals surface area contributed by atoms with Crippen molar-refractivity contribution >= 4 is 16.5 Å². The fourth-order valence-electron chi connectivity index (χ4n) is 1.38. The van der Waals surface area contributed by atoms with Crippen LogP contribution in [0, 0.1) is 10.1 Å². The van der Waals surface area contributed by atoms with Gasteiger partial charge in [0.1, 0.15) is 5.69 Å². The number of hydrogen-bond acceptors (Lipinski definition) is 2. The minimum Gasteiger partial charge on any atom is -0.233 e. The van der Waals surface area contributed by atoms with Gasteiger partial charge in [-0.15, -0.1) is 0 Å². The van der Waals surface area contributed by atoms with E-state index in [1.54, 1.807) is 12.1 Å². The van der Waals surface area contributed by atoms with Crippen molar-refractivity contribution in [2.24, 2.45) is 0 Å². The highest BCUT2D eigenvalue weighted by Crippen LogP contribution is 2.22. The summed E-state index contributed by atoms with van der Waals surface area (Å²) in [7, 11) is 0. The van der Waals surface area contributed by atoms with Crippen molar-refractivity contribution in [3.05, 3.63) is 52.6 Å². The van der Waals surface area contributed by atoms with E-state index in [1.807, 2.05) is 30.3 Å². The first-order chi connectivity index (χ1) is 6.77. The third kappa shape index (κ3) is 1.50. The van der Waals surface area contributed by atoms with E-state index in [0.717, 1.165) is 10.8 Å². The number of fused-ring (bicyclic) bond motifs is 1. The molecule has 2 aromatic rings.